The van der Waals surface area contributed by atoms with Gasteiger partial charge in [0.2, 0.25) is 11.7 Å². The first kappa shape index (κ1) is 37.1. The number of nitrogens with one attached hydrogen (secondary N) is 1. The zero-order chi connectivity index (χ0) is 36.9. The Bertz CT molecular complexity index is 1830. The molecule has 1 aliphatic carbocycles. The number of carbonyl (C=O) groups is 3. The second kappa shape index (κ2) is 16.4. The van der Waals surface area contributed by atoms with Crippen LogP contribution in [0.3, 0.4) is 0 Å². The lowest BCUT2D eigenvalue weighted by molar-refractivity contribution is -0.141. The van der Waals surface area contributed by atoms with Gasteiger partial charge in [-0.2, -0.15) is 4.39 Å². The number of esters is 1. The molecule has 0 radical (unpaired) electrons. The fourth-order valence-electron chi connectivity index (χ4n) is 7.53. The second-order valence-electron chi connectivity index (χ2n) is 14.0. The molecule has 1 saturated heterocycles. The van der Waals surface area contributed by atoms with E-state index in [0.29, 0.717) is 44.3 Å². The normalized spacial score (nSPS) is 18.9. The summed E-state index contributed by atoms with van der Waals surface area (Å²) in [6.07, 6.45) is 4.25. The Balaban J connectivity index is 1.24. The van der Waals surface area contributed by atoms with Crippen LogP contribution < -0.4 is 10.1 Å². The number of amides is 2. The second-order valence-corrected chi connectivity index (χ2v) is 14.0. The predicted molar refractivity (Wildman–Crippen MR) is 191 cm³/mol. The van der Waals surface area contributed by atoms with Crippen LogP contribution in [0.5, 0.6) is 5.75 Å². The highest BCUT2D eigenvalue weighted by molar-refractivity contribution is 6.03. The Morgan fingerprint density at radius 3 is 2.38 bits per heavy atom. The van der Waals surface area contributed by atoms with Crippen molar-refractivity contribution < 1.29 is 37.0 Å². The van der Waals surface area contributed by atoms with Crippen LogP contribution in [0.15, 0.2) is 66.2 Å². The molecule has 3 aromatic rings. The van der Waals surface area contributed by atoms with Gasteiger partial charge in [-0.1, -0.05) is 48.5 Å². The van der Waals surface area contributed by atoms with Gasteiger partial charge in [-0.25, -0.2) is 8.78 Å². The fourth-order valence-corrected chi connectivity index (χ4v) is 7.53. The minimum atomic E-state index is -1.34. The Labute approximate surface area is 303 Å². The molecule has 0 spiro atoms. The zero-order valence-electron chi connectivity index (χ0n) is 29.9. The van der Waals surface area contributed by atoms with Gasteiger partial charge < -0.3 is 24.6 Å². The molecule has 8 nitrogen and oxygen atoms in total. The molecular formula is C41H46F3N3O5. The lowest BCUT2D eigenvalue weighted by Gasteiger charge is -2.45. The number of hydrogen-bond donors (Lipinski definition) is 1. The number of piperazine rings is 1. The summed E-state index contributed by atoms with van der Waals surface area (Å²) in [5.74, 6) is -4.58. The number of rotatable bonds is 14. The number of nitrogens with zero attached hydrogens (tertiary/aromatic N) is 2. The van der Waals surface area contributed by atoms with E-state index in [9.17, 15) is 27.6 Å². The number of halogens is 3. The molecule has 3 aromatic carbocycles. The quantitative estimate of drug-likeness (QED) is 0.112. The van der Waals surface area contributed by atoms with Gasteiger partial charge in [0.25, 0.3) is 5.91 Å². The number of carbonyl (C=O) groups excluding carboxylic acids is 3. The molecular weight excluding hydrogens is 671 g/mol. The molecule has 2 heterocycles. The van der Waals surface area contributed by atoms with Gasteiger partial charge in [0.15, 0.2) is 17.4 Å². The van der Waals surface area contributed by atoms with Crippen molar-refractivity contribution in [2.24, 2.45) is 0 Å². The van der Waals surface area contributed by atoms with Crippen molar-refractivity contribution in [2.75, 3.05) is 26.8 Å². The molecule has 276 valence electrons. The van der Waals surface area contributed by atoms with Crippen LogP contribution in [0.2, 0.25) is 0 Å². The molecule has 2 amide bonds. The van der Waals surface area contributed by atoms with Crippen LogP contribution >= 0.6 is 0 Å². The predicted octanol–water partition coefficient (Wildman–Crippen LogP) is 6.85. The highest BCUT2D eigenvalue weighted by atomic mass is 19.2. The van der Waals surface area contributed by atoms with Crippen LogP contribution in [0, 0.1) is 24.4 Å². The summed E-state index contributed by atoms with van der Waals surface area (Å²) in [7, 11) is 1.33. The fraction of sp³-hybridized carbons (Fsp3) is 0.439. The number of methoxy groups -OCH3 is 1. The minimum Gasteiger partial charge on any atom is -0.488 e. The number of hydrogen-bond acceptors (Lipinski definition) is 6. The third-order valence-corrected chi connectivity index (χ3v) is 10.4. The topological polar surface area (TPSA) is 88.2 Å². The molecule has 52 heavy (non-hydrogen) atoms. The maximum absolute atomic E-state index is 15.0. The van der Waals surface area contributed by atoms with E-state index in [1.54, 1.807) is 0 Å². The largest absolute Gasteiger partial charge is 0.488 e. The van der Waals surface area contributed by atoms with E-state index in [1.807, 2.05) is 46.2 Å². The van der Waals surface area contributed by atoms with Crippen molar-refractivity contribution in [3.8, 4) is 5.75 Å². The summed E-state index contributed by atoms with van der Waals surface area (Å²) in [6.45, 7) is 5.00. The molecule has 1 saturated carbocycles. The number of fused-ring (bicyclic) bond motifs is 2. The number of aryl methyl sites for hydroxylation is 2. The van der Waals surface area contributed by atoms with Crippen molar-refractivity contribution in [2.45, 2.75) is 89.4 Å². The summed E-state index contributed by atoms with van der Waals surface area (Å²) >= 11 is 0. The van der Waals surface area contributed by atoms with Gasteiger partial charge in [0.1, 0.15) is 0 Å². The highest BCUT2D eigenvalue weighted by Crippen LogP contribution is 2.41. The summed E-state index contributed by atoms with van der Waals surface area (Å²) in [5, 5.41) is 3.66. The van der Waals surface area contributed by atoms with Gasteiger partial charge in [-0.05, 0) is 92.3 Å². The maximum Gasteiger partial charge on any atom is 0.305 e. The first-order valence-corrected chi connectivity index (χ1v) is 18.1. The number of ether oxygens (including phenoxy) is 2. The standard InChI is InChI=1S/C41H46F3N3O5/c1-25-8-4-5-10-31(25)26(2)47(30-17-18-30)41(50)38-32(22-29-23-46(24-35(38)45-29)36(48)11-6-12-37(49)51-3)28-15-13-27(14-16-28)9-7-21-52-40-34(43)20-19-33(42)39(40)44/h4-5,8,10,13-16,19-20,26,29-30,35,45H,6-7,9,11-12,17-18,21-24H2,1-3H3/t26?,29-,35-/m1/s1. The minimum absolute atomic E-state index is 0.00581. The molecule has 6 rings (SSSR count). The van der Waals surface area contributed by atoms with Gasteiger partial charge >= 0.3 is 5.97 Å². The molecule has 2 fully saturated rings. The van der Waals surface area contributed by atoms with E-state index >= 15 is 0 Å². The van der Waals surface area contributed by atoms with E-state index in [1.165, 1.54) is 7.11 Å². The van der Waals surface area contributed by atoms with Gasteiger partial charge in [0.05, 0.1) is 25.8 Å². The molecule has 3 atom stereocenters. The first-order chi connectivity index (χ1) is 25.0. The van der Waals surface area contributed by atoms with E-state index in [-0.39, 0.29) is 61.4 Å². The molecule has 1 N–H and O–H groups in total. The highest BCUT2D eigenvalue weighted by Gasteiger charge is 2.44. The third-order valence-electron chi connectivity index (χ3n) is 10.4. The van der Waals surface area contributed by atoms with Crippen molar-refractivity contribution in [1.29, 1.82) is 0 Å². The lowest BCUT2D eigenvalue weighted by atomic mass is 9.82. The van der Waals surface area contributed by atoms with Crippen molar-refractivity contribution in [1.82, 2.24) is 15.1 Å². The summed E-state index contributed by atoms with van der Waals surface area (Å²) in [5.41, 5.74) is 5.78. The van der Waals surface area contributed by atoms with Gasteiger partial charge in [-0.3, -0.25) is 14.4 Å². The van der Waals surface area contributed by atoms with Gasteiger partial charge in [0, 0.05) is 43.6 Å². The molecule has 2 bridgehead atoms. The van der Waals surface area contributed by atoms with Crippen LogP contribution in [-0.4, -0.2) is 72.5 Å². The lowest BCUT2D eigenvalue weighted by Crippen LogP contribution is -2.62. The van der Waals surface area contributed by atoms with Crippen LogP contribution in [-0.2, 0) is 25.5 Å². The van der Waals surface area contributed by atoms with Crippen LogP contribution in [0.4, 0.5) is 13.2 Å². The molecule has 11 heteroatoms. The molecule has 0 aromatic heterocycles. The first-order valence-electron chi connectivity index (χ1n) is 18.1. The van der Waals surface area contributed by atoms with Crippen molar-refractivity contribution >= 4 is 23.4 Å². The van der Waals surface area contributed by atoms with Crippen molar-refractivity contribution in [3.63, 3.8) is 0 Å². The zero-order valence-corrected chi connectivity index (χ0v) is 29.9. The van der Waals surface area contributed by atoms with E-state index < -0.39 is 23.2 Å². The molecule has 3 aliphatic rings. The Hall–Kier alpha value is -4.64. The average Bonchev–Trinajstić information content (AvgIpc) is 3.98. The van der Waals surface area contributed by atoms with E-state index in [0.717, 1.165) is 52.8 Å². The Morgan fingerprint density at radius 1 is 0.942 bits per heavy atom. The molecule has 2 aliphatic heterocycles. The summed E-state index contributed by atoms with van der Waals surface area (Å²) in [4.78, 5) is 43.8. The third kappa shape index (κ3) is 8.36. The number of benzene rings is 3. The summed E-state index contributed by atoms with van der Waals surface area (Å²) in [6, 6.07) is 17.3. The van der Waals surface area contributed by atoms with Gasteiger partial charge in [-0.15, -0.1) is 0 Å². The monoisotopic (exact) mass is 717 g/mol. The smallest absolute Gasteiger partial charge is 0.305 e. The summed E-state index contributed by atoms with van der Waals surface area (Å²) < 4.78 is 51.5. The molecule has 1 unspecified atom stereocenters. The van der Waals surface area contributed by atoms with Crippen LogP contribution in [0.1, 0.15) is 80.2 Å². The van der Waals surface area contributed by atoms with Crippen LogP contribution in [0.25, 0.3) is 5.57 Å². The average molecular weight is 718 g/mol. The van der Waals surface area contributed by atoms with E-state index in [4.69, 9.17) is 9.47 Å². The Kier molecular flexibility index (Phi) is 11.7. The van der Waals surface area contributed by atoms with E-state index in [2.05, 4.69) is 31.3 Å². The SMILES string of the molecule is COC(=O)CCCC(=O)N1C[C@H]2CC(c3ccc(CCCOc4c(F)ccc(F)c4F)cc3)=C(C(=O)N(C3CC3)C(C)c3ccccc3C)[C@@H](C1)N2. The maximum atomic E-state index is 15.0. The Morgan fingerprint density at radius 2 is 1.67 bits per heavy atom. The van der Waals surface area contributed by atoms with Crippen molar-refractivity contribution in [3.05, 3.63) is 106 Å².